The highest BCUT2D eigenvalue weighted by atomic mass is 32.2. The molecule has 98 valence electrons. The van der Waals surface area contributed by atoms with Crippen molar-refractivity contribution in [3.63, 3.8) is 0 Å². The highest BCUT2D eigenvalue weighted by Gasteiger charge is 2.37. The number of nitrogens with zero attached hydrogens (tertiary/aromatic N) is 1. The first kappa shape index (κ1) is 14.0. The summed E-state index contributed by atoms with van der Waals surface area (Å²) in [4.78, 5) is 4.63. The molecule has 0 fully saturated rings. The van der Waals surface area contributed by atoms with E-state index in [-0.39, 0.29) is 5.41 Å². The predicted octanol–water partition coefficient (Wildman–Crippen LogP) is 3.51. The number of rotatable bonds is 6. The number of hydrogen-bond donors (Lipinski definition) is 0. The van der Waals surface area contributed by atoms with E-state index in [9.17, 15) is 0 Å². The van der Waals surface area contributed by atoms with Crippen LogP contribution < -0.4 is 0 Å². The number of methoxy groups -OCH3 is 1. The van der Waals surface area contributed by atoms with Gasteiger partial charge in [-0.15, -0.1) is 0 Å². The van der Waals surface area contributed by atoms with E-state index in [0.717, 1.165) is 17.2 Å². The first-order valence-electron chi connectivity index (χ1n) is 5.92. The van der Waals surface area contributed by atoms with Crippen LogP contribution >= 0.6 is 23.5 Å². The summed E-state index contributed by atoms with van der Waals surface area (Å²) in [5.74, 6) is 2.15. The number of hydrogen-bond acceptors (Lipinski definition) is 4. The molecule has 1 heterocycles. The van der Waals surface area contributed by atoms with Gasteiger partial charge in [0.25, 0.3) is 0 Å². The van der Waals surface area contributed by atoms with Crippen LogP contribution in [0.25, 0.3) is 0 Å². The third kappa shape index (κ3) is 2.46. The Morgan fingerprint density at radius 1 is 1.22 bits per heavy atom. The first-order chi connectivity index (χ1) is 8.77. The smallest absolute Gasteiger partial charge is 0.0716 e. The molecule has 1 aliphatic rings. The topological polar surface area (TPSA) is 21.6 Å². The minimum absolute atomic E-state index is 0.0727. The molecule has 0 aliphatic carbocycles. The molecule has 0 saturated carbocycles. The van der Waals surface area contributed by atoms with Gasteiger partial charge in [0.2, 0.25) is 0 Å². The number of thioether (sulfide) groups is 2. The van der Waals surface area contributed by atoms with Crippen molar-refractivity contribution in [2.45, 2.75) is 12.0 Å². The van der Waals surface area contributed by atoms with E-state index >= 15 is 0 Å². The lowest BCUT2D eigenvalue weighted by atomic mass is 9.83. The van der Waals surface area contributed by atoms with Crippen LogP contribution in [0.5, 0.6) is 0 Å². The molecule has 1 aliphatic heterocycles. The van der Waals surface area contributed by atoms with E-state index in [4.69, 9.17) is 4.74 Å². The summed E-state index contributed by atoms with van der Waals surface area (Å²) >= 11 is 3.77. The SMILES string of the molecule is COCc1cccc2c1C(CSC)(CSC)C=N2. The molecule has 1 aromatic rings. The second kappa shape index (κ2) is 6.13. The Labute approximate surface area is 118 Å². The Kier molecular flexibility index (Phi) is 4.76. The van der Waals surface area contributed by atoms with Crippen LogP contribution in [0.15, 0.2) is 23.2 Å². The lowest BCUT2D eigenvalue weighted by Gasteiger charge is -2.28. The van der Waals surface area contributed by atoms with Crippen molar-refractivity contribution in [1.82, 2.24) is 0 Å². The standard InChI is InChI=1S/C14H19NOS2/c1-16-7-11-5-4-6-12-13(11)14(8-15-12,9-17-2)10-18-3/h4-6,8H,7,9-10H2,1-3H3. The zero-order chi connectivity index (χ0) is 13.0. The van der Waals surface area contributed by atoms with Gasteiger partial charge < -0.3 is 4.74 Å². The lowest BCUT2D eigenvalue weighted by molar-refractivity contribution is 0.184. The van der Waals surface area contributed by atoms with E-state index in [1.807, 2.05) is 23.5 Å². The van der Waals surface area contributed by atoms with E-state index < -0.39 is 0 Å². The van der Waals surface area contributed by atoms with E-state index in [2.05, 4.69) is 41.9 Å². The van der Waals surface area contributed by atoms with Gasteiger partial charge in [-0.25, -0.2) is 0 Å². The molecule has 0 N–H and O–H groups in total. The third-order valence-electron chi connectivity index (χ3n) is 3.18. The van der Waals surface area contributed by atoms with Gasteiger partial charge in [-0.2, -0.15) is 23.5 Å². The summed E-state index contributed by atoms with van der Waals surface area (Å²) in [5, 5.41) is 0. The average Bonchev–Trinajstić information content (AvgIpc) is 2.71. The first-order valence-corrected chi connectivity index (χ1v) is 8.70. The maximum absolute atomic E-state index is 5.33. The van der Waals surface area contributed by atoms with Crippen LogP contribution in [0.1, 0.15) is 11.1 Å². The molecule has 0 radical (unpaired) electrons. The Hall–Kier alpha value is -0.450. The molecule has 0 atom stereocenters. The highest BCUT2D eigenvalue weighted by molar-refractivity contribution is 7.99. The molecule has 4 heteroatoms. The molecule has 0 amide bonds. The van der Waals surface area contributed by atoms with Crippen molar-refractivity contribution in [3.8, 4) is 0 Å². The molecule has 1 aromatic carbocycles. The van der Waals surface area contributed by atoms with Gasteiger partial charge in [-0.3, -0.25) is 4.99 Å². The highest BCUT2D eigenvalue weighted by Crippen LogP contribution is 2.42. The van der Waals surface area contributed by atoms with Gasteiger partial charge in [-0.05, 0) is 29.7 Å². The van der Waals surface area contributed by atoms with Crippen LogP contribution in [0, 0.1) is 0 Å². The summed E-state index contributed by atoms with van der Waals surface area (Å²) < 4.78 is 5.33. The van der Waals surface area contributed by atoms with E-state index in [0.29, 0.717) is 6.61 Å². The van der Waals surface area contributed by atoms with Gasteiger partial charge in [0.15, 0.2) is 0 Å². The second-order valence-corrected chi connectivity index (χ2v) is 6.26. The van der Waals surface area contributed by atoms with Crippen molar-refractivity contribution in [3.05, 3.63) is 29.3 Å². The van der Waals surface area contributed by atoms with Crippen molar-refractivity contribution in [2.24, 2.45) is 4.99 Å². The summed E-state index contributed by atoms with van der Waals surface area (Å²) in [7, 11) is 1.75. The zero-order valence-electron chi connectivity index (χ0n) is 11.1. The van der Waals surface area contributed by atoms with E-state index in [1.165, 1.54) is 11.1 Å². The van der Waals surface area contributed by atoms with Gasteiger partial charge in [0.1, 0.15) is 0 Å². The monoisotopic (exact) mass is 281 g/mol. The minimum atomic E-state index is 0.0727. The largest absolute Gasteiger partial charge is 0.380 e. The quantitative estimate of drug-likeness (QED) is 0.796. The molecule has 2 nitrogen and oxygen atoms in total. The molecule has 0 aromatic heterocycles. The fraction of sp³-hybridized carbons (Fsp3) is 0.500. The Balaban J connectivity index is 2.47. The van der Waals surface area contributed by atoms with Gasteiger partial charge in [-0.1, -0.05) is 12.1 Å². The number of fused-ring (bicyclic) bond motifs is 1. The lowest BCUT2D eigenvalue weighted by Crippen LogP contribution is -2.33. The Morgan fingerprint density at radius 3 is 2.56 bits per heavy atom. The maximum atomic E-state index is 5.33. The molecular formula is C14H19NOS2. The van der Waals surface area contributed by atoms with Crippen molar-refractivity contribution in [1.29, 1.82) is 0 Å². The van der Waals surface area contributed by atoms with Crippen LogP contribution in [0.2, 0.25) is 0 Å². The number of ether oxygens (including phenoxy) is 1. The maximum Gasteiger partial charge on any atom is 0.0716 e. The Morgan fingerprint density at radius 2 is 1.94 bits per heavy atom. The number of aliphatic imine (C=N–C) groups is 1. The van der Waals surface area contributed by atoms with Crippen LogP contribution in [-0.4, -0.2) is 37.3 Å². The van der Waals surface area contributed by atoms with Crippen LogP contribution in [-0.2, 0) is 16.8 Å². The second-order valence-electron chi connectivity index (χ2n) is 4.52. The van der Waals surface area contributed by atoms with Crippen molar-refractivity contribution >= 4 is 35.4 Å². The molecule has 2 rings (SSSR count). The molecule has 0 bridgehead atoms. The van der Waals surface area contributed by atoms with Crippen molar-refractivity contribution < 1.29 is 4.74 Å². The molecule has 18 heavy (non-hydrogen) atoms. The predicted molar refractivity (Wildman–Crippen MR) is 83.7 cm³/mol. The molecule has 0 saturated heterocycles. The van der Waals surface area contributed by atoms with Gasteiger partial charge >= 0.3 is 0 Å². The van der Waals surface area contributed by atoms with Crippen LogP contribution in [0.3, 0.4) is 0 Å². The number of benzene rings is 1. The summed E-state index contributed by atoms with van der Waals surface area (Å²) in [6.07, 6.45) is 6.46. The average molecular weight is 281 g/mol. The molecular weight excluding hydrogens is 262 g/mol. The minimum Gasteiger partial charge on any atom is -0.380 e. The van der Waals surface area contributed by atoms with Gasteiger partial charge in [0, 0.05) is 24.8 Å². The zero-order valence-corrected chi connectivity index (χ0v) is 12.7. The molecule has 0 spiro atoms. The summed E-state index contributed by atoms with van der Waals surface area (Å²) in [5.41, 5.74) is 3.84. The summed E-state index contributed by atoms with van der Waals surface area (Å²) in [6, 6.07) is 6.33. The third-order valence-corrected chi connectivity index (χ3v) is 4.79. The van der Waals surface area contributed by atoms with Crippen molar-refractivity contribution in [2.75, 3.05) is 31.1 Å². The van der Waals surface area contributed by atoms with E-state index in [1.54, 1.807) is 7.11 Å². The fourth-order valence-corrected chi connectivity index (χ4v) is 4.38. The normalized spacial score (nSPS) is 15.9. The molecule has 0 unspecified atom stereocenters. The van der Waals surface area contributed by atoms with Gasteiger partial charge in [0.05, 0.1) is 17.7 Å². The summed E-state index contributed by atoms with van der Waals surface area (Å²) in [6.45, 7) is 0.664. The Bertz CT molecular complexity index is 439. The fourth-order valence-electron chi connectivity index (χ4n) is 2.58. The van der Waals surface area contributed by atoms with Crippen LogP contribution in [0.4, 0.5) is 5.69 Å².